The Morgan fingerprint density at radius 1 is 1.31 bits per heavy atom. The van der Waals surface area contributed by atoms with E-state index in [1.54, 1.807) is 6.07 Å². The molecule has 0 amide bonds. The first-order valence-corrected chi connectivity index (χ1v) is 5.71. The van der Waals surface area contributed by atoms with Gasteiger partial charge in [0.1, 0.15) is 0 Å². The van der Waals surface area contributed by atoms with Gasteiger partial charge < -0.3 is 5.11 Å². The van der Waals surface area contributed by atoms with E-state index in [0.29, 0.717) is 6.42 Å². The smallest absolute Gasteiger partial charge is 0.257 e. The lowest BCUT2D eigenvalue weighted by Gasteiger charge is -2.31. The molecule has 1 aliphatic carbocycles. The van der Waals surface area contributed by atoms with Crippen LogP contribution >= 0.6 is 0 Å². The van der Waals surface area contributed by atoms with Crippen LogP contribution in [0.1, 0.15) is 36.3 Å². The maximum absolute atomic E-state index is 13.8. The van der Waals surface area contributed by atoms with Crippen LogP contribution in [-0.2, 0) is 6.42 Å². The van der Waals surface area contributed by atoms with E-state index in [9.17, 15) is 8.78 Å². The summed E-state index contributed by atoms with van der Waals surface area (Å²) in [7, 11) is 0. The van der Waals surface area contributed by atoms with E-state index in [0.717, 1.165) is 24.0 Å². The molecule has 0 saturated carbocycles. The van der Waals surface area contributed by atoms with Gasteiger partial charge in [-0.05, 0) is 30.4 Å². The van der Waals surface area contributed by atoms with Gasteiger partial charge in [0.2, 0.25) is 0 Å². The first-order chi connectivity index (χ1) is 7.65. The second kappa shape index (κ2) is 4.50. The predicted octanol–water partition coefficient (Wildman–Crippen LogP) is 3.12. The van der Waals surface area contributed by atoms with Crippen LogP contribution in [0.4, 0.5) is 8.78 Å². The molecule has 0 aromatic heterocycles. The summed E-state index contributed by atoms with van der Waals surface area (Å²) < 4.78 is 27.7. The van der Waals surface area contributed by atoms with Gasteiger partial charge in [-0.1, -0.05) is 24.3 Å². The molecule has 0 aliphatic heterocycles. The van der Waals surface area contributed by atoms with E-state index < -0.39 is 24.9 Å². The van der Waals surface area contributed by atoms with Gasteiger partial charge in [-0.25, -0.2) is 8.78 Å². The van der Waals surface area contributed by atoms with Crippen molar-refractivity contribution in [3.63, 3.8) is 0 Å². The largest absolute Gasteiger partial charge is 0.396 e. The van der Waals surface area contributed by atoms with Crippen LogP contribution in [0.3, 0.4) is 0 Å². The summed E-state index contributed by atoms with van der Waals surface area (Å²) in [6.07, 6.45) is 1.78. The highest BCUT2D eigenvalue weighted by atomic mass is 19.3. The molecule has 88 valence electrons. The highest BCUT2D eigenvalue weighted by molar-refractivity contribution is 5.34. The van der Waals surface area contributed by atoms with E-state index >= 15 is 0 Å². The number of aliphatic hydroxyl groups excluding tert-OH is 1. The molecule has 1 aliphatic rings. The lowest BCUT2D eigenvalue weighted by atomic mass is 9.78. The minimum absolute atomic E-state index is 0.438. The zero-order chi connectivity index (χ0) is 11.6. The molecule has 0 heterocycles. The normalized spacial score (nSPS) is 20.6. The summed E-state index contributed by atoms with van der Waals surface area (Å²) in [5.74, 6) is -3.50. The molecule has 0 bridgehead atoms. The van der Waals surface area contributed by atoms with Gasteiger partial charge in [0, 0.05) is 18.9 Å². The Kier molecular flexibility index (Phi) is 3.24. The molecule has 1 aromatic carbocycles. The second-order valence-corrected chi connectivity index (χ2v) is 4.38. The Hall–Kier alpha value is -0.960. The monoisotopic (exact) mass is 226 g/mol. The second-order valence-electron chi connectivity index (χ2n) is 4.38. The molecule has 16 heavy (non-hydrogen) atoms. The Bertz CT molecular complexity index is 363. The van der Waals surface area contributed by atoms with Crippen molar-refractivity contribution in [2.24, 2.45) is 0 Å². The SMILES string of the molecule is OCCC(F)(F)C1CCCc2ccccc21. The van der Waals surface area contributed by atoms with Gasteiger partial charge in [0.25, 0.3) is 5.92 Å². The maximum Gasteiger partial charge on any atom is 0.257 e. The summed E-state index contributed by atoms with van der Waals surface area (Å²) in [5, 5.41) is 8.70. The zero-order valence-electron chi connectivity index (χ0n) is 9.13. The molecule has 0 spiro atoms. The summed E-state index contributed by atoms with van der Waals surface area (Å²) in [5.41, 5.74) is 1.81. The van der Waals surface area contributed by atoms with Gasteiger partial charge in [-0.2, -0.15) is 0 Å². The van der Waals surface area contributed by atoms with Crippen LogP contribution in [0, 0.1) is 0 Å². The number of hydrogen-bond donors (Lipinski definition) is 1. The summed E-state index contributed by atoms with van der Waals surface area (Å²) in [6, 6.07) is 7.43. The van der Waals surface area contributed by atoms with Crippen LogP contribution in [0.25, 0.3) is 0 Å². The van der Waals surface area contributed by atoms with Crippen molar-refractivity contribution in [2.75, 3.05) is 6.61 Å². The minimum Gasteiger partial charge on any atom is -0.396 e. The third-order valence-electron chi connectivity index (χ3n) is 3.32. The topological polar surface area (TPSA) is 20.2 Å². The highest BCUT2D eigenvalue weighted by Gasteiger charge is 2.41. The van der Waals surface area contributed by atoms with E-state index in [1.165, 1.54) is 0 Å². The Labute approximate surface area is 94.1 Å². The van der Waals surface area contributed by atoms with Crippen molar-refractivity contribution in [3.05, 3.63) is 35.4 Å². The third kappa shape index (κ3) is 2.09. The molecule has 1 aromatic rings. The number of benzene rings is 1. The molecular weight excluding hydrogens is 210 g/mol. The van der Waals surface area contributed by atoms with E-state index in [-0.39, 0.29) is 0 Å². The van der Waals surface area contributed by atoms with Crippen LogP contribution in [0.2, 0.25) is 0 Å². The van der Waals surface area contributed by atoms with Gasteiger partial charge in [0.05, 0.1) is 0 Å². The van der Waals surface area contributed by atoms with Crippen molar-refractivity contribution >= 4 is 0 Å². The van der Waals surface area contributed by atoms with Crippen LogP contribution < -0.4 is 0 Å². The quantitative estimate of drug-likeness (QED) is 0.839. The molecule has 3 heteroatoms. The van der Waals surface area contributed by atoms with E-state index in [4.69, 9.17) is 5.11 Å². The standard InChI is InChI=1S/C13H16F2O/c14-13(15,8-9-16)12-7-3-5-10-4-1-2-6-11(10)12/h1-2,4,6,12,16H,3,5,7-9H2. The van der Waals surface area contributed by atoms with Crippen LogP contribution in [0.5, 0.6) is 0 Å². The van der Waals surface area contributed by atoms with Crippen molar-refractivity contribution in [2.45, 2.75) is 37.5 Å². The number of halogens is 2. The van der Waals surface area contributed by atoms with Crippen molar-refractivity contribution in [3.8, 4) is 0 Å². The van der Waals surface area contributed by atoms with Crippen molar-refractivity contribution in [1.29, 1.82) is 0 Å². The minimum atomic E-state index is -2.79. The molecular formula is C13H16F2O. The molecule has 1 nitrogen and oxygen atoms in total. The van der Waals surface area contributed by atoms with Crippen molar-refractivity contribution < 1.29 is 13.9 Å². The molecule has 1 N–H and O–H groups in total. The number of aliphatic hydroxyl groups is 1. The van der Waals surface area contributed by atoms with Gasteiger partial charge in [-0.15, -0.1) is 0 Å². The molecule has 0 saturated heterocycles. The molecule has 0 radical (unpaired) electrons. The summed E-state index contributed by atoms with van der Waals surface area (Å²) in [6.45, 7) is -0.453. The number of fused-ring (bicyclic) bond motifs is 1. The molecule has 1 unspecified atom stereocenters. The zero-order valence-corrected chi connectivity index (χ0v) is 9.13. The first kappa shape index (κ1) is 11.5. The van der Waals surface area contributed by atoms with Gasteiger partial charge >= 0.3 is 0 Å². The number of alkyl halides is 2. The fourth-order valence-electron chi connectivity index (χ4n) is 2.52. The van der Waals surface area contributed by atoms with Crippen molar-refractivity contribution in [1.82, 2.24) is 0 Å². The average Bonchev–Trinajstić information content (AvgIpc) is 2.28. The molecule has 0 fully saturated rings. The van der Waals surface area contributed by atoms with Gasteiger partial charge in [-0.3, -0.25) is 0 Å². The number of aryl methyl sites for hydroxylation is 1. The van der Waals surface area contributed by atoms with Gasteiger partial charge in [0.15, 0.2) is 0 Å². The lowest BCUT2D eigenvalue weighted by Crippen LogP contribution is -2.30. The number of hydrogen-bond acceptors (Lipinski definition) is 1. The fourth-order valence-corrected chi connectivity index (χ4v) is 2.52. The van der Waals surface area contributed by atoms with Crippen LogP contribution in [-0.4, -0.2) is 17.6 Å². The van der Waals surface area contributed by atoms with Crippen LogP contribution in [0.15, 0.2) is 24.3 Å². The first-order valence-electron chi connectivity index (χ1n) is 5.71. The fraction of sp³-hybridized carbons (Fsp3) is 0.538. The summed E-state index contributed by atoms with van der Waals surface area (Å²) >= 11 is 0. The molecule has 1 atom stereocenters. The lowest BCUT2D eigenvalue weighted by molar-refractivity contribution is -0.0514. The number of rotatable bonds is 3. The summed E-state index contributed by atoms with van der Waals surface area (Å²) in [4.78, 5) is 0. The van der Waals surface area contributed by atoms with E-state index in [2.05, 4.69) is 0 Å². The average molecular weight is 226 g/mol. The van der Waals surface area contributed by atoms with E-state index in [1.807, 2.05) is 18.2 Å². The Morgan fingerprint density at radius 3 is 2.81 bits per heavy atom. The Morgan fingerprint density at radius 2 is 2.06 bits per heavy atom. The maximum atomic E-state index is 13.8. The predicted molar refractivity (Wildman–Crippen MR) is 58.8 cm³/mol. The highest BCUT2D eigenvalue weighted by Crippen LogP contribution is 2.43. The Balaban J connectivity index is 2.31. The molecule has 2 rings (SSSR count). The third-order valence-corrected chi connectivity index (χ3v) is 3.32.